The lowest BCUT2D eigenvalue weighted by atomic mass is 10.3. The summed E-state index contributed by atoms with van der Waals surface area (Å²) in [6.07, 6.45) is 1.22. The second-order valence-electron chi connectivity index (χ2n) is 4.06. The van der Waals surface area contributed by atoms with Crippen molar-refractivity contribution < 1.29 is 9.18 Å². The molecule has 0 aliphatic rings. The highest BCUT2D eigenvalue weighted by Gasteiger charge is 2.06. The molecule has 0 atom stereocenters. The standard InChI is InChI=1S/C13H16FN3O/c1-17(8-3-2-7-15)10-13(18)16-12-6-4-5-11(14)9-12/h4-6,9H,2-3,8,10H2,1H3,(H,16,18). The fraction of sp³-hybridized carbons (Fsp3) is 0.385. The largest absolute Gasteiger partial charge is 0.325 e. The van der Waals surface area contributed by atoms with Crippen molar-refractivity contribution in [1.82, 2.24) is 4.90 Å². The zero-order valence-corrected chi connectivity index (χ0v) is 10.3. The van der Waals surface area contributed by atoms with Crippen LogP contribution in [0.4, 0.5) is 10.1 Å². The predicted octanol–water partition coefficient (Wildman–Crippen LogP) is 2.00. The van der Waals surface area contributed by atoms with Gasteiger partial charge in [0, 0.05) is 12.1 Å². The van der Waals surface area contributed by atoms with Crippen LogP contribution in [0.2, 0.25) is 0 Å². The molecule has 0 fully saturated rings. The molecule has 0 saturated heterocycles. The Morgan fingerprint density at radius 2 is 2.33 bits per heavy atom. The van der Waals surface area contributed by atoms with Gasteiger partial charge in [-0.1, -0.05) is 6.07 Å². The van der Waals surface area contributed by atoms with E-state index in [-0.39, 0.29) is 18.3 Å². The number of rotatable bonds is 6. The number of anilines is 1. The number of likely N-dealkylation sites (N-methyl/N-ethyl adjacent to an activating group) is 1. The average Bonchev–Trinajstić information content (AvgIpc) is 2.29. The first-order valence-electron chi connectivity index (χ1n) is 5.72. The van der Waals surface area contributed by atoms with Crippen molar-refractivity contribution in [2.45, 2.75) is 12.8 Å². The van der Waals surface area contributed by atoms with E-state index in [1.807, 2.05) is 11.9 Å². The van der Waals surface area contributed by atoms with Crippen LogP contribution in [0, 0.1) is 17.1 Å². The van der Waals surface area contributed by atoms with Gasteiger partial charge in [-0.2, -0.15) is 5.26 Å². The molecule has 0 aliphatic heterocycles. The number of carbonyl (C=O) groups excluding carboxylic acids is 1. The first kappa shape index (κ1) is 14.1. The minimum absolute atomic E-state index is 0.194. The molecule has 1 amide bonds. The molecule has 0 unspecified atom stereocenters. The number of hydrogen-bond donors (Lipinski definition) is 1. The third-order valence-corrected chi connectivity index (χ3v) is 2.35. The van der Waals surface area contributed by atoms with E-state index in [2.05, 4.69) is 11.4 Å². The Kier molecular flexibility index (Phi) is 5.81. The maximum Gasteiger partial charge on any atom is 0.238 e. The van der Waals surface area contributed by atoms with Crippen LogP contribution in [0.1, 0.15) is 12.8 Å². The SMILES string of the molecule is CN(CCCC#N)CC(=O)Nc1cccc(F)c1. The van der Waals surface area contributed by atoms with E-state index in [0.717, 1.165) is 6.42 Å². The van der Waals surface area contributed by atoms with Crippen molar-refractivity contribution >= 4 is 11.6 Å². The maximum atomic E-state index is 12.9. The molecule has 0 aliphatic carbocycles. The zero-order chi connectivity index (χ0) is 13.4. The Balaban J connectivity index is 2.35. The summed E-state index contributed by atoms with van der Waals surface area (Å²) in [4.78, 5) is 13.5. The fourth-order valence-electron chi connectivity index (χ4n) is 1.52. The lowest BCUT2D eigenvalue weighted by Gasteiger charge is -2.15. The van der Waals surface area contributed by atoms with E-state index >= 15 is 0 Å². The van der Waals surface area contributed by atoms with Gasteiger partial charge in [-0.05, 0) is 38.2 Å². The van der Waals surface area contributed by atoms with Crippen LogP contribution in [0.25, 0.3) is 0 Å². The number of unbranched alkanes of at least 4 members (excludes halogenated alkanes) is 1. The lowest BCUT2D eigenvalue weighted by Crippen LogP contribution is -2.30. The van der Waals surface area contributed by atoms with E-state index in [1.165, 1.54) is 12.1 Å². The Labute approximate surface area is 106 Å². The minimum atomic E-state index is -0.379. The number of nitriles is 1. The van der Waals surface area contributed by atoms with E-state index in [9.17, 15) is 9.18 Å². The molecular formula is C13H16FN3O. The van der Waals surface area contributed by atoms with Gasteiger partial charge in [-0.15, -0.1) is 0 Å². The van der Waals surface area contributed by atoms with Gasteiger partial charge in [0.1, 0.15) is 5.82 Å². The molecule has 1 aromatic carbocycles. The van der Waals surface area contributed by atoms with Crippen LogP contribution >= 0.6 is 0 Å². The second-order valence-corrected chi connectivity index (χ2v) is 4.06. The summed E-state index contributed by atoms with van der Waals surface area (Å²) >= 11 is 0. The molecule has 0 spiro atoms. The molecule has 4 nitrogen and oxygen atoms in total. The van der Waals surface area contributed by atoms with Crippen LogP contribution in [0.15, 0.2) is 24.3 Å². The molecule has 1 rings (SSSR count). The molecule has 1 aromatic rings. The van der Waals surface area contributed by atoms with Crippen molar-refractivity contribution in [2.75, 3.05) is 25.5 Å². The molecular weight excluding hydrogens is 233 g/mol. The first-order valence-corrected chi connectivity index (χ1v) is 5.72. The topological polar surface area (TPSA) is 56.1 Å². The van der Waals surface area contributed by atoms with Gasteiger partial charge in [0.15, 0.2) is 0 Å². The summed E-state index contributed by atoms with van der Waals surface area (Å²) in [7, 11) is 1.81. The normalized spacial score (nSPS) is 10.1. The fourth-order valence-corrected chi connectivity index (χ4v) is 1.52. The lowest BCUT2D eigenvalue weighted by molar-refractivity contribution is -0.117. The monoisotopic (exact) mass is 249 g/mol. The predicted molar refractivity (Wildman–Crippen MR) is 67.4 cm³/mol. The minimum Gasteiger partial charge on any atom is -0.325 e. The van der Waals surface area contributed by atoms with Crippen LogP contribution in [-0.4, -0.2) is 30.9 Å². The summed E-state index contributed by atoms with van der Waals surface area (Å²) in [5.74, 6) is -0.574. The van der Waals surface area contributed by atoms with Crippen LogP contribution < -0.4 is 5.32 Å². The van der Waals surface area contributed by atoms with Crippen molar-refractivity contribution in [3.63, 3.8) is 0 Å². The van der Waals surface area contributed by atoms with Gasteiger partial charge in [0.2, 0.25) is 5.91 Å². The van der Waals surface area contributed by atoms with Gasteiger partial charge in [0.25, 0.3) is 0 Å². The van der Waals surface area contributed by atoms with Gasteiger partial charge >= 0.3 is 0 Å². The molecule has 0 bridgehead atoms. The van der Waals surface area contributed by atoms with Gasteiger partial charge in [0.05, 0.1) is 12.6 Å². The number of hydrogen-bond acceptors (Lipinski definition) is 3. The van der Waals surface area contributed by atoms with Crippen molar-refractivity contribution in [3.8, 4) is 6.07 Å². The zero-order valence-electron chi connectivity index (χ0n) is 10.3. The third kappa shape index (κ3) is 5.41. The van der Waals surface area contributed by atoms with E-state index in [4.69, 9.17) is 5.26 Å². The Morgan fingerprint density at radius 1 is 1.56 bits per heavy atom. The number of halogens is 1. The Hall–Kier alpha value is -1.93. The molecule has 0 radical (unpaired) electrons. The highest BCUT2D eigenvalue weighted by molar-refractivity contribution is 5.92. The van der Waals surface area contributed by atoms with Crippen LogP contribution in [0.5, 0.6) is 0 Å². The number of nitrogens with zero attached hydrogens (tertiary/aromatic N) is 2. The summed E-state index contributed by atoms with van der Waals surface area (Å²) in [5, 5.41) is 11.0. The van der Waals surface area contributed by atoms with Crippen molar-refractivity contribution in [2.24, 2.45) is 0 Å². The van der Waals surface area contributed by atoms with Crippen molar-refractivity contribution in [1.29, 1.82) is 5.26 Å². The molecule has 5 heteroatoms. The van der Waals surface area contributed by atoms with E-state index in [1.54, 1.807) is 12.1 Å². The van der Waals surface area contributed by atoms with Gasteiger partial charge < -0.3 is 5.32 Å². The summed E-state index contributed by atoms with van der Waals surface area (Å²) in [6, 6.07) is 7.83. The molecule has 96 valence electrons. The summed E-state index contributed by atoms with van der Waals surface area (Å²) < 4.78 is 12.9. The second kappa shape index (κ2) is 7.41. The quantitative estimate of drug-likeness (QED) is 0.784. The molecule has 0 heterocycles. The maximum absolute atomic E-state index is 12.9. The summed E-state index contributed by atoms with van der Waals surface area (Å²) in [5.41, 5.74) is 0.449. The average molecular weight is 249 g/mol. The van der Waals surface area contributed by atoms with Crippen LogP contribution in [-0.2, 0) is 4.79 Å². The molecule has 0 saturated carbocycles. The van der Waals surface area contributed by atoms with Gasteiger partial charge in [-0.25, -0.2) is 4.39 Å². The van der Waals surface area contributed by atoms with Gasteiger partial charge in [-0.3, -0.25) is 9.69 Å². The smallest absolute Gasteiger partial charge is 0.238 e. The Morgan fingerprint density at radius 3 is 3.00 bits per heavy atom. The molecule has 1 N–H and O–H groups in total. The third-order valence-electron chi connectivity index (χ3n) is 2.35. The first-order chi connectivity index (χ1) is 8.61. The highest BCUT2D eigenvalue weighted by atomic mass is 19.1. The number of carbonyl (C=O) groups is 1. The van der Waals surface area contributed by atoms with Crippen molar-refractivity contribution in [3.05, 3.63) is 30.1 Å². The number of benzene rings is 1. The van der Waals surface area contributed by atoms with Crippen LogP contribution in [0.3, 0.4) is 0 Å². The molecule has 18 heavy (non-hydrogen) atoms. The van der Waals surface area contributed by atoms with E-state index < -0.39 is 0 Å². The summed E-state index contributed by atoms with van der Waals surface area (Å²) in [6.45, 7) is 0.909. The number of nitrogens with one attached hydrogen (secondary N) is 1. The number of amides is 1. The Bertz CT molecular complexity index is 442. The highest BCUT2D eigenvalue weighted by Crippen LogP contribution is 2.08. The molecule has 0 aromatic heterocycles. The van der Waals surface area contributed by atoms with E-state index in [0.29, 0.717) is 18.7 Å².